The van der Waals surface area contributed by atoms with Gasteiger partial charge in [0.2, 0.25) is 0 Å². The molecule has 0 aromatic carbocycles. The SMILES string of the molecule is C=C(C)C1=C(C(=C)C)OC(C)N1. The van der Waals surface area contributed by atoms with Crippen LogP contribution in [0, 0.1) is 0 Å². The van der Waals surface area contributed by atoms with Crippen LogP contribution in [0.5, 0.6) is 0 Å². The van der Waals surface area contributed by atoms with E-state index < -0.39 is 0 Å². The van der Waals surface area contributed by atoms with E-state index in [0.717, 1.165) is 22.6 Å². The lowest BCUT2D eigenvalue weighted by atomic mass is 10.1. The van der Waals surface area contributed by atoms with Gasteiger partial charge in [-0.15, -0.1) is 0 Å². The monoisotopic (exact) mass is 165 g/mol. The van der Waals surface area contributed by atoms with Gasteiger partial charge in [-0.05, 0) is 31.9 Å². The molecular weight excluding hydrogens is 150 g/mol. The lowest BCUT2D eigenvalue weighted by molar-refractivity contribution is 0.150. The molecule has 1 N–H and O–H groups in total. The molecule has 12 heavy (non-hydrogen) atoms. The van der Waals surface area contributed by atoms with Gasteiger partial charge in [-0.3, -0.25) is 0 Å². The molecule has 0 saturated heterocycles. The Hall–Kier alpha value is -1.18. The van der Waals surface area contributed by atoms with Crippen LogP contribution in [-0.2, 0) is 4.74 Å². The van der Waals surface area contributed by atoms with Crippen molar-refractivity contribution in [2.24, 2.45) is 0 Å². The van der Waals surface area contributed by atoms with Crippen molar-refractivity contribution in [2.45, 2.75) is 27.0 Å². The van der Waals surface area contributed by atoms with Gasteiger partial charge in [0.15, 0.2) is 6.23 Å². The molecular formula is C10H15NO. The fourth-order valence-corrected chi connectivity index (χ4v) is 1.16. The van der Waals surface area contributed by atoms with Crippen LogP contribution in [0.1, 0.15) is 20.8 Å². The Bertz CT molecular complexity index is 237. The highest BCUT2D eigenvalue weighted by molar-refractivity contribution is 5.38. The molecule has 0 radical (unpaired) electrons. The second kappa shape index (κ2) is 3.05. The first-order valence-electron chi connectivity index (χ1n) is 4.01. The minimum absolute atomic E-state index is 0.0309. The predicted molar refractivity (Wildman–Crippen MR) is 50.3 cm³/mol. The zero-order valence-corrected chi connectivity index (χ0v) is 7.90. The standard InChI is InChI=1S/C10H15NO/c1-6(2)9-10(7(3)4)12-8(5)11-9/h8,11H,1,3H2,2,4-5H3. The van der Waals surface area contributed by atoms with E-state index in [2.05, 4.69) is 18.5 Å². The van der Waals surface area contributed by atoms with Gasteiger partial charge in [0.05, 0.1) is 5.70 Å². The van der Waals surface area contributed by atoms with Gasteiger partial charge < -0.3 is 10.1 Å². The minimum Gasteiger partial charge on any atom is -0.469 e. The Morgan fingerprint density at radius 1 is 1.33 bits per heavy atom. The normalized spacial score (nSPS) is 21.8. The molecule has 2 nitrogen and oxygen atoms in total. The third-order valence-corrected chi connectivity index (χ3v) is 1.68. The van der Waals surface area contributed by atoms with Crippen LogP contribution in [-0.4, -0.2) is 6.23 Å². The molecule has 0 fully saturated rings. The van der Waals surface area contributed by atoms with Gasteiger partial charge in [0, 0.05) is 0 Å². The van der Waals surface area contributed by atoms with Crippen molar-refractivity contribution in [1.29, 1.82) is 0 Å². The number of hydrogen-bond donors (Lipinski definition) is 1. The molecule has 1 aliphatic heterocycles. The lowest BCUT2D eigenvalue weighted by Gasteiger charge is -2.05. The van der Waals surface area contributed by atoms with E-state index in [9.17, 15) is 0 Å². The molecule has 1 rings (SSSR count). The van der Waals surface area contributed by atoms with E-state index in [4.69, 9.17) is 4.74 Å². The second-order valence-electron chi connectivity index (χ2n) is 3.17. The molecule has 0 amide bonds. The van der Waals surface area contributed by atoms with E-state index in [1.165, 1.54) is 0 Å². The van der Waals surface area contributed by atoms with Crippen molar-refractivity contribution in [1.82, 2.24) is 5.32 Å². The maximum atomic E-state index is 5.50. The maximum absolute atomic E-state index is 5.50. The molecule has 1 unspecified atom stereocenters. The maximum Gasteiger partial charge on any atom is 0.167 e. The number of allylic oxidation sites excluding steroid dienone is 2. The lowest BCUT2D eigenvalue weighted by Crippen LogP contribution is -2.19. The van der Waals surface area contributed by atoms with Crippen molar-refractivity contribution in [3.05, 3.63) is 35.8 Å². The van der Waals surface area contributed by atoms with E-state index in [-0.39, 0.29) is 6.23 Å². The highest BCUT2D eigenvalue weighted by Gasteiger charge is 2.21. The average molecular weight is 165 g/mol. The largest absolute Gasteiger partial charge is 0.469 e. The molecule has 1 atom stereocenters. The molecule has 0 spiro atoms. The first-order valence-corrected chi connectivity index (χ1v) is 4.01. The molecule has 0 bridgehead atoms. The second-order valence-corrected chi connectivity index (χ2v) is 3.17. The van der Waals surface area contributed by atoms with Crippen molar-refractivity contribution < 1.29 is 4.74 Å². The first-order chi connectivity index (χ1) is 5.52. The summed E-state index contributed by atoms with van der Waals surface area (Å²) in [5.74, 6) is 0.843. The topological polar surface area (TPSA) is 21.3 Å². The van der Waals surface area contributed by atoms with Crippen LogP contribution in [0.25, 0.3) is 0 Å². The summed E-state index contributed by atoms with van der Waals surface area (Å²) in [6.07, 6.45) is 0.0309. The molecule has 0 aromatic heterocycles. The Labute approximate surface area is 73.6 Å². The molecule has 66 valence electrons. The van der Waals surface area contributed by atoms with Crippen LogP contribution >= 0.6 is 0 Å². The van der Waals surface area contributed by atoms with Crippen molar-refractivity contribution >= 4 is 0 Å². The highest BCUT2D eigenvalue weighted by Crippen LogP contribution is 2.24. The van der Waals surface area contributed by atoms with Gasteiger partial charge in [0.1, 0.15) is 5.76 Å². The summed E-state index contributed by atoms with van der Waals surface area (Å²) in [4.78, 5) is 0. The fourth-order valence-electron chi connectivity index (χ4n) is 1.16. The fraction of sp³-hybridized carbons (Fsp3) is 0.400. The summed E-state index contributed by atoms with van der Waals surface area (Å²) in [5, 5.41) is 3.18. The van der Waals surface area contributed by atoms with E-state index in [1.807, 2.05) is 20.8 Å². The zero-order chi connectivity index (χ0) is 9.30. The summed E-state index contributed by atoms with van der Waals surface area (Å²) in [7, 11) is 0. The summed E-state index contributed by atoms with van der Waals surface area (Å²) < 4.78 is 5.50. The van der Waals surface area contributed by atoms with E-state index in [1.54, 1.807) is 0 Å². The Kier molecular flexibility index (Phi) is 2.27. The summed E-state index contributed by atoms with van der Waals surface area (Å²) >= 11 is 0. The van der Waals surface area contributed by atoms with Crippen LogP contribution in [0.4, 0.5) is 0 Å². The summed E-state index contributed by atoms with van der Waals surface area (Å²) in [5.41, 5.74) is 2.90. The Morgan fingerprint density at radius 2 is 1.92 bits per heavy atom. The number of nitrogens with one attached hydrogen (secondary N) is 1. The number of ether oxygens (including phenoxy) is 1. The molecule has 1 aliphatic rings. The van der Waals surface area contributed by atoms with Gasteiger partial charge in [-0.25, -0.2) is 0 Å². The Morgan fingerprint density at radius 3 is 2.25 bits per heavy atom. The Balaban J connectivity index is 2.96. The van der Waals surface area contributed by atoms with Crippen LogP contribution in [0.15, 0.2) is 35.8 Å². The van der Waals surface area contributed by atoms with Crippen LogP contribution in [0.2, 0.25) is 0 Å². The van der Waals surface area contributed by atoms with E-state index in [0.29, 0.717) is 0 Å². The molecule has 0 aliphatic carbocycles. The first kappa shape index (κ1) is 8.91. The number of hydrogen-bond acceptors (Lipinski definition) is 2. The van der Waals surface area contributed by atoms with Gasteiger partial charge in [-0.1, -0.05) is 13.2 Å². The zero-order valence-electron chi connectivity index (χ0n) is 7.90. The van der Waals surface area contributed by atoms with E-state index >= 15 is 0 Å². The molecule has 2 heteroatoms. The van der Waals surface area contributed by atoms with Crippen LogP contribution in [0.3, 0.4) is 0 Å². The van der Waals surface area contributed by atoms with Gasteiger partial charge in [0.25, 0.3) is 0 Å². The summed E-state index contributed by atoms with van der Waals surface area (Å²) in [6, 6.07) is 0. The predicted octanol–water partition coefficient (Wildman–Crippen LogP) is 2.32. The summed E-state index contributed by atoms with van der Waals surface area (Å²) in [6.45, 7) is 13.5. The number of rotatable bonds is 2. The minimum atomic E-state index is 0.0309. The third kappa shape index (κ3) is 1.52. The average Bonchev–Trinajstić information content (AvgIpc) is 2.31. The van der Waals surface area contributed by atoms with Crippen molar-refractivity contribution in [2.75, 3.05) is 0 Å². The van der Waals surface area contributed by atoms with Crippen molar-refractivity contribution in [3.63, 3.8) is 0 Å². The third-order valence-electron chi connectivity index (χ3n) is 1.68. The molecule has 0 saturated carbocycles. The smallest absolute Gasteiger partial charge is 0.167 e. The molecule has 1 heterocycles. The van der Waals surface area contributed by atoms with Gasteiger partial charge >= 0.3 is 0 Å². The molecule has 0 aromatic rings. The van der Waals surface area contributed by atoms with Crippen LogP contribution < -0.4 is 5.32 Å². The highest BCUT2D eigenvalue weighted by atomic mass is 16.5. The van der Waals surface area contributed by atoms with Gasteiger partial charge in [-0.2, -0.15) is 0 Å². The van der Waals surface area contributed by atoms with Crippen molar-refractivity contribution in [3.8, 4) is 0 Å². The quantitative estimate of drug-likeness (QED) is 0.678.